The first-order valence-electron chi connectivity index (χ1n) is 7.60. The second kappa shape index (κ2) is 6.26. The number of benzene rings is 1. The Balaban J connectivity index is 2.26. The van der Waals surface area contributed by atoms with Gasteiger partial charge in [-0.2, -0.15) is 5.10 Å². The third-order valence-corrected chi connectivity index (χ3v) is 5.77. The largest absolute Gasteiger partial charge is 0.316 e. The molecule has 0 aliphatic carbocycles. The monoisotopic (exact) mass is 344 g/mol. The molecule has 0 saturated carbocycles. The van der Waals surface area contributed by atoms with Crippen LogP contribution in [0.4, 0.5) is 0 Å². The van der Waals surface area contributed by atoms with Crippen LogP contribution >= 0.6 is 0 Å². The molecular weight excluding hydrogens is 324 g/mol. The zero-order chi connectivity index (χ0) is 17.3. The molecule has 1 aromatic carbocycles. The van der Waals surface area contributed by atoms with Crippen LogP contribution < -0.4 is 5.32 Å². The van der Waals surface area contributed by atoms with E-state index in [9.17, 15) is 8.42 Å². The van der Waals surface area contributed by atoms with Crippen LogP contribution in [0.15, 0.2) is 53.7 Å². The lowest BCUT2D eigenvalue weighted by Crippen LogP contribution is -2.16. The molecule has 0 bridgehead atoms. The van der Waals surface area contributed by atoms with E-state index in [-0.39, 0.29) is 4.90 Å². The van der Waals surface area contributed by atoms with E-state index < -0.39 is 10.0 Å². The molecule has 0 aliphatic rings. The summed E-state index contributed by atoms with van der Waals surface area (Å²) < 4.78 is 29.4. The molecule has 2 aromatic heterocycles. The summed E-state index contributed by atoms with van der Waals surface area (Å²) in [5, 5.41) is 7.25. The molecule has 0 spiro atoms. The topological polar surface area (TPSA) is 68.9 Å². The van der Waals surface area contributed by atoms with Crippen LogP contribution in [0.3, 0.4) is 0 Å². The van der Waals surface area contributed by atoms with Crippen molar-refractivity contribution in [3.63, 3.8) is 0 Å². The van der Waals surface area contributed by atoms with Gasteiger partial charge in [0, 0.05) is 31.0 Å². The van der Waals surface area contributed by atoms with Crippen molar-refractivity contribution in [1.29, 1.82) is 0 Å². The maximum Gasteiger partial charge on any atom is 0.268 e. The lowest BCUT2D eigenvalue weighted by molar-refractivity contribution is 0.586. The Morgan fingerprint density at radius 3 is 2.50 bits per heavy atom. The minimum Gasteiger partial charge on any atom is -0.316 e. The Morgan fingerprint density at radius 1 is 1.21 bits per heavy atom. The maximum absolute atomic E-state index is 13.2. The molecule has 7 heteroatoms. The maximum atomic E-state index is 13.2. The van der Waals surface area contributed by atoms with E-state index in [2.05, 4.69) is 10.4 Å². The van der Waals surface area contributed by atoms with Crippen molar-refractivity contribution in [2.75, 3.05) is 7.05 Å². The second-order valence-electron chi connectivity index (χ2n) is 5.66. The van der Waals surface area contributed by atoms with Crippen LogP contribution in [0, 0.1) is 6.92 Å². The molecule has 24 heavy (non-hydrogen) atoms. The Kier molecular flexibility index (Phi) is 4.29. The highest BCUT2D eigenvalue weighted by Gasteiger charge is 2.25. The highest BCUT2D eigenvalue weighted by molar-refractivity contribution is 7.90. The zero-order valence-electron chi connectivity index (χ0n) is 13.9. The van der Waals surface area contributed by atoms with Crippen molar-refractivity contribution in [3.05, 3.63) is 60.0 Å². The van der Waals surface area contributed by atoms with Crippen LogP contribution in [0.25, 0.3) is 11.3 Å². The van der Waals surface area contributed by atoms with Gasteiger partial charge < -0.3 is 5.32 Å². The third kappa shape index (κ3) is 2.76. The molecule has 0 aliphatic heterocycles. The molecule has 0 atom stereocenters. The molecular formula is C17H20N4O2S. The van der Waals surface area contributed by atoms with Crippen LogP contribution in [0.5, 0.6) is 0 Å². The molecule has 3 rings (SSSR count). The van der Waals surface area contributed by atoms with E-state index in [1.54, 1.807) is 41.2 Å². The lowest BCUT2D eigenvalue weighted by atomic mass is 10.2. The van der Waals surface area contributed by atoms with Crippen molar-refractivity contribution < 1.29 is 8.42 Å². The van der Waals surface area contributed by atoms with Crippen molar-refractivity contribution in [2.45, 2.75) is 18.4 Å². The Hall–Kier alpha value is -2.38. The van der Waals surface area contributed by atoms with Gasteiger partial charge in [0.15, 0.2) is 0 Å². The summed E-state index contributed by atoms with van der Waals surface area (Å²) in [5.74, 6) is 0. The number of rotatable bonds is 5. The minimum atomic E-state index is -3.68. The number of nitrogens with one attached hydrogen (secondary N) is 1. The normalized spacial score (nSPS) is 11.8. The zero-order valence-corrected chi connectivity index (χ0v) is 14.7. The van der Waals surface area contributed by atoms with Gasteiger partial charge in [-0.25, -0.2) is 12.4 Å². The summed E-state index contributed by atoms with van der Waals surface area (Å²) in [6.45, 7) is 2.42. The number of hydrogen-bond acceptors (Lipinski definition) is 4. The van der Waals surface area contributed by atoms with E-state index in [4.69, 9.17) is 0 Å². The summed E-state index contributed by atoms with van der Waals surface area (Å²) in [6, 6.07) is 10.4. The van der Waals surface area contributed by atoms with E-state index in [0.29, 0.717) is 17.9 Å². The third-order valence-electron chi connectivity index (χ3n) is 3.95. The molecule has 0 fully saturated rings. The smallest absolute Gasteiger partial charge is 0.268 e. The van der Waals surface area contributed by atoms with Gasteiger partial charge in [0.25, 0.3) is 10.0 Å². The summed E-state index contributed by atoms with van der Waals surface area (Å²) in [6.07, 6.45) is 3.49. The number of aryl methyl sites for hydroxylation is 1. The highest BCUT2D eigenvalue weighted by atomic mass is 32.2. The first-order chi connectivity index (χ1) is 11.4. The van der Waals surface area contributed by atoms with Crippen molar-refractivity contribution in [2.24, 2.45) is 7.05 Å². The summed E-state index contributed by atoms with van der Waals surface area (Å²) >= 11 is 0. The second-order valence-corrected chi connectivity index (χ2v) is 7.44. The first-order valence-corrected chi connectivity index (χ1v) is 9.04. The fourth-order valence-corrected chi connectivity index (χ4v) is 4.38. The molecule has 0 amide bonds. The molecule has 126 valence electrons. The summed E-state index contributed by atoms with van der Waals surface area (Å²) in [7, 11) is -0.0359. The minimum absolute atomic E-state index is 0.268. The number of aromatic nitrogens is 3. The molecule has 6 nitrogen and oxygen atoms in total. The van der Waals surface area contributed by atoms with E-state index in [0.717, 1.165) is 11.1 Å². The quantitative estimate of drug-likeness (QED) is 0.770. The molecule has 1 N–H and O–H groups in total. The Labute approximate surface area is 141 Å². The molecule has 3 aromatic rings. The standard InChI is InChI=1S/C17H20N4O2S/c1-13-14(10-18-2)9-17(15-11-19-20(3)12-15)21(13)24(22,23)16-7-5-4-6-8-16/h4-9,11-12,18H,10H2,1-3H3. The Bertz CT molecular complexity index is 956. The number of nitrogens with zero attached hydrogens (tertiary/aromatic N) is 3. The van der Waals surface area contributed by atoms with Crippen LogP contribution in [0.1, 0.15) is 11.3 Å². The SMILES string of the molecule is CNCc1cc(-c2cnn(C)c2)n(S(=O)(=O)c2ccccc2)c1C. The predicted molar refractivity (Wildman–Crippen MR) is 93.2 cm³/mol. The van der Waals surface area contributed by atoms with Gasteiger partial charge in [-0.1, -0.05) is 18.2 Å². The fraction of sp³-hybridized carbons (Fsp3) is 0.235. The van der Waals surface area contributed by atoms with E-state index in [1.807, 2.05) is 33.3 Å². The van der Waals surface area contributed by atoms with Crippen LogP contribution in [-0.4, -0.2) is 29.2 Å². The average molecular weight is 344 g/mol. The van der Waals surface area contributed by atoms with E-state index >= 15 is 0 Å². The van der Waals surface area contributed by atoms with Gasteiger partial charge >= 0.3 is 0 Å². The van der Waals surface area contributed by atoms with Crippen LogP contribution in [-0.2, 0) is 23.6 Å². The number of hydrogen-bond donors (Lipinski definition) is 1. The predicted octanol–water partition coefficient (Wildman–Crippen LogP) is 2.15. The summed E-state index contributed by atoms with van der Waals surface area (Å²) in [4.78, 5) is 0.268. The van der Waals surface area contributed by atoms with Crippen LogP contribution in [0.2, 0.25) is 0 Å². The highest BCUT2D eigenvalue weighted by Crippen LogP contribution is 2.30. The van der Waals surface area contributed by atoms with Crippen molar-refractivity contribution in [1.82, 2.24) is 19.1 Å². The van der Waals surface area contributed by atoms with Gasteiger partial charge in [0.2, 0.25) is 0 Å². The Morgan fingerprint density at radius 2 is 1.92 bits per heavy atom. The van der Waals surface area contributed by atoms with Gasteiger partial charge in [-0.15, -0.1) is 0 Å². The molecule has 2 heterocycles. The fourth-order valence-electron chi connectivity index (χ4n) is 2.77. The lowest BCUT2D eigenvalue weighted by Gasteiger charge is -2.12. The van der Waals surface area contributed by atoms with Crippen molar-refractivity contribution >= 4 is 10.0 Å². The molecule has 0 radical (unpaired) electrons. The van der Waals surface area contributed by atoms with Gasteiger partial charge in [-0.3, -0.25) is 4.68 Å². The summed E-state index contributed by atoms with van der Waals surface area (Å²) in [5.41, 5.74) is 3.03. The van der Waals surface area contributed by atoms with E-state index in [1.165, 1.54) is 3.97 Å². The molecule has 0 saturated heterocycles. The van der Waals surface area contributed by atoms with Crippen molar-refractivity contribution in [3.8, 4) is 11.3 Å². The molecule has 0 unspecified atom stereocenters. The van der Waals surface area contributed by atoms with Gasteiger partial charge in [-0.05, 0) is 37.7 Å². The average Bonchev–Trinajstić information content (AvgIpc) is 3.13. The first kappa shape index (κ1) is 16.5. The van der Waals surface area contributed by atoms with Gasteiger partial charge in [0.05, 0.1) is 16.8 Å². The van der Waals surface area contributed by atoms with Gasteiger partial charge in [0.1, 0.15) is 0 Å².